The molecule has 0 bridgehead atoms. The van der Waals surface area contributed by atoms with Crippen molar-refractivity contribution in [3.63, 3.8) is 0 Å². The lowest BCUT2D eigenvalue weighted by atomic mass is 10.1. The van der Waals surface area contributed by atoms with Crippen LogP contribution in [0.25, 0.3) is 0 Å². The second kappa shape index (κ2) is 12.1. The molecule has 1 N–H and O–H groups in total. The maximum absolute atomic E-state index is 13.8. The van der Waals surface area contributed by atoms with E-state index in [0.29, 0.717) is 28.3 Å². The lowest BCUT2D eigenvalue weighted by Crippen LogP contribution is -2.51. The molecule has 1 atom stereocenters. The van der Waals surface area contributed by atoms with E-state index in [-0.39, 0.29) is 17.3 Å². The monoisotopic (exact) mass is 527 g/mol. The number of likely N-dealkylation sites (N-methyl/N-ethyl adjacent to an activating group) is 1. The van der Waals surface area contributed by atoms with Crippen LogP contribution in [0.1, 0.15) is 24.5 Å². The fourth-order valence-electron chi connectivity index (χ4n) is 3.97. The Kier molecular flexibility index (Phi) is 9.12. The molecule has 190 valence electrons. The first-order valence-corrected chi connectivity index (χ1v) is 13.4. The highest BCUT2D eigenvalue weighted by Gasteiger charge is 2.34. The number of hydrogen-bond donors (Lipinski definition) is 1. The summed E-state index contributed by atoms with van der Waals surface area (Å²) in [5.74, 6) is -0.862. The maximum atomic E-state index is 13.8. The van der Waals surface area contributed by atoms with Gasteiger partial charge in [-0.25, -0.2) is 8.42 Å². The zero-order valence-corrected chi connectivity index (χ0v) is 22.1. The average molecular weight is 528 g/mol. The van der Waals surface area contributed by atoms with Gasteiger partial charge in [0.05, 0.1) is 10.6 Å². The Labute approximate surface area is 217 Å². The van der Waals surface area contributed by atoms with Crippen LogP contribution in [0.2, 0.25) is 5.02 Å². The van der Waals surface area contributed by atoms with Gasteiger partial charge in [0.1, 0.15) is 12.6 Å². The van der Waals surface area contributed by atoms with Gasteiger partial charge in [-0.05, 0) is 48.7 Å². The Morgan fingerprint density at radius 1 is 0.944 bits per heavy atom. The molecular formula is C27H30ClN3O4S. The molecule has 36 heavy (non-hydrogen) atoms. The number of nitrogens with one attached hydrogen (secondary N) is 1. The zero-order valence-electron chi connectivity index (χ0n) is 20.5. The Bertz CT molecular complexity index is 1320. The molecule has 0 saturated carbocycles. The Morgan fingerprint density at radius 2 is 1.56 bits per heavy atom. The fraction of sp³-hybridized carbons (Fsp3) is 0.259. The van der Waals surface area contributed by atoms with E-state index in [9.17, 15) is 18.0 Å². The predicted molar refractivity (Wildman–Crippen MR) is 142 cm³/mol. The van der Waals surface area contributed by atoms with E-state index in [1.54, 1.807) is 80.6 Å². The number of anilines is 1. The highest BCUT2D eigenvalue weighted by molar-refractivity contribution is 7.92. The number of sulfonamides is 1. The molecule has 0 unspecified atom stereocenters. The van der Waals surface area contributed by atoms with Crippen LogP contribution in [0.5, 0.6) is 0 Å². The maximum Gasteiger partial charge on any atom is 0.264 e. The van der Waals surface area contributed by atoms with Crippen LogP contribution in [-0.2, 0) is 26.2 Å². The van der Waals surface area contributed by atoms with E-state index in [0.717, 1.165) is 4.31 Å². The van der Waals surface area contributed by atoms with E-state index in [1.165, 1.54) is 24.1 Å². The van der Waals surface area contributed by atoms with E-state index < -0.39 is 28.5 Å². The van der Waals surface area contributed by atoms with Crippen LogP contribution in [0.15, 0.2) is 83.8 Å². The average Bonchev–Trinajstić information content (AvgIpc) is 2.88. The van der Waals surface area contributed by atoms with Gasteiger partial charge in [0.25, 0.3) is 10.0 Å². The zero-order chi connectivity index (χ0) is 26.3. The van der Waals surface area contributed by atoms with Crippen molar-refractivity contribution < 1.29 is 18.0 Å². The lowest BCUT2D eigenvalue weighted by Gasteiger charge is -2.33. The molecule has 3 aromatic rings. The smallest absolute Gasteiger partial charge is 0.264 e. The molecule has 9 heteroatoms. The minimum Gasteiger partial charge on any atom is -0.357 e. The molecule has 0 saturated heterocycles. The standard InChI is InChI=1S/C27H30ClN3O4S/c1-4-24(27(33)29-3)30(18-21-13-9-10-16-23(21)28)26(32)19-31(25-17-11-8-12-20(25)2)36(34,35)22-14-6-5-7-15-22/h5-17,24H,4,18-19H2,1-3H3,(H,29,33)/t24-/m0/s1. The summed E-state index contributed by atoms with van der Waals surface area (Å²) < 4.78 is 28.6. The number of carbonyl (C=O) groups is 2. The van der Waals surface area contributed by atoms with Gasteiger partial charge in [0.15, 0.2) is 0 Å². The molecule has 0 aliphatic carbocycles. The summed E-state index contributed by atoms with van der Waals surface area (Å²) in [5.41, 5.74) is 1.74. The highest BCUT2D eigenvalue weighted by Crippen LogP contribution is 2.28. The molecule has 2 amide bonds. The molecule has 7 nitrogen and oxygen atoms in total. The summed E-state index contributed by atoms with van der Waals surface area (Å²) in [7, 11) is -2.58. The van der Waals surface area contributed by atoms with Gasteiger partial charge in [0, 0.05) is 18.6 Å². The van der Waals surface area contributed by atoms with Crippen LogP contribution in [0, 0.1) is 6.92 Å². The van der Waals surface area contributed by atoms with Crippen LogP contribution in [-0.4, -0.2) is 44.8 Å². The van der Waals surface area contributed by atoms with Gasteiger partial charge in [0.2, 0.25) is 11.8 Å². The van der Waals surface area contributed by atoms with E-state index in [2.05, 4.69) is 5.32 Å². The molecule has 0 fully saturated rings. The molecule has 0 heterocycles. The molecule has 3 rings (SSSR count). The quantitative estimate of drug-likeness (QED) is 0.423. The Balaban J connectivity index is 2.08. The number of benzene rings is 3. The molecular weight excluding hydrogens is 498 g/mol. The number of para-hydroxylation sites is 1. The Hall–Kier alpha value is -3.36. The van der Waals surface area contributed by atoms with Crippen LogP contribution in [0.3, 0.4) is 0 Å². The van der Waals surface area contributed by atoms with Crippen molar-refractivity contribution in [1.82, 2.24) is 10.2 Å². The summed E-state index contributed by atoms with van der Waals surface area (Å²) in [4.78, 5) is 28.0. The van der Waals surface area contributed by atoms with Gasteiger partial charge in [-0.15, -0.1) is 0 Å². The third-order valence-electron chi connectivity index (χ3n) is 5.93. The predicted octanol–water partition coefficient (Wildman–Crippen LogP) is 4.40. The van der Waals surface area contributed by atoms with Crippen LogP contribution in [0.4, 0.5) is 5.69 Å². The third kappa shape index (κ3) is 6.06. The fourth-order valence-corrected chi connectivity index (χ4v) is 5.67. The number of aryl methyl sites for hydroxylation is 1. The molecule has 0 aliphatic rings. The molecule has 0 aromatic heterocycles. The van der Waals surface area contributed by atoms with Crippen LogP contribution < -0.4 is 9.62 Å². The summed E-state index contributed by atoms with van der Waals surface area (Å²) in [5, 5.41) is 3.06. The van der Waals surface area contributed by atoms with Crippen LogP contribution >= 0.6 is 11.6 Å². The largest absolute Gasteiger partial charge is 0.357 e. The topological polar surface area (TPSA) is 86.8 Å². The molecule has 0 radical (unpaired) electrons. The van der Waals surface area contributed by atoms with Gasteiger partial charge in [-0.1, -0.05) is 73.1 Å². The molecule has 0 spiro atoms. The minimum absolute atomic E-state index is 0.0530. The van der Waals surface area contributed by atoms with E-state index in [4.69, 9.17) is 11.6 Å². The number of amides is 2. The van der Waals surface area contributed by atoms with Gasteiger partial charge < -0.3 is 10.2 Å². The van der Waals surface area contributed by atoms with Crippen molar-refractivity contribution in [3.05, 3.63) is 95.0 Å². The van der Waals surface area contributed by atoms with Crippen molar-refractivity contribution in [2.24, 2.45) is 0 Å². The first-order chi connectivity index (χ1) is 17.2. The van der Waals surface area contributed by atoms with Crippen molar-refractivity contribution in [2.45, 2.75) is 37.8 Å². The van der Waals surface area contributed by atoms with Gasteiger partial charge >= 0.3 is 0 Å². The SMILES string of the molecule is CC[C@@H](C(=O)NC)N(Cc1ccccc1Cl)C(=O)CN(c1ccccc1C)S(=O)(=O)c1ccccc1. The van der Waals surface area contributed by atoms with E-state index in [1.807, 2.05) is 0 Å². The number of carbonyl (C=O) groups excluding carboxylic acids is 2. The first-order valence-electron chi connectivity index (χ1n) is 11.6. The summed E-state index contributed by atoms with van der Waals surface area (Å²) in [6.45, 7) is 3.15. The number of rotatable bonds is 10. The summed E-state index contributed by atoms with van der Waals surface area (Å²) in [6, 6.07) is 21.2. The first kappa shape index (κ1) is 27.2. The number of nitrogens with zero attached hydrogens (tertiary/aromatic N) is 2. The van der Waals surface area contributed by atoms with Crippen molar-refractivity contribution in [3.8, 4) is 0 Å². The second-order valence-corrected chi connectivity index (χ2v) is 10.5. The van der Waals surface area contributed by atoms with Gasteiger partial charge in [-0.3, -0.25) is 13.9 Å². The molecule has 0 aliphatic heterocycles. The summed E-state index contributed by atoms with van der Waals surface area (Å²) >= 11 is 6.36. The van der Waals surface area contributed by atoms with Gasteiger partial charge in [-0.2, -0.15) is 0 Å². The Morgan fingerprint density at radius 3 is 2.17 bits per heavy atom. The van der Waals surface area contributed by atoms with Crippen molar-refractivity contribution in [2.75, 3.05) is 17.9 Å². The molecule has 3 aromatic carbocycles. The second-order valence-electron chi connectivity index (χ2n) is 8.26. The number of hydrogen-bond acceptors (Lipinski definition) is 4. The normalized spacial score (nSPS) is 12.0. The van der Waals surface area contributed by atoms with E-state index >= 15 is 0 Å². The number of halogens is 1. The minimum atomic E-state index is -4.09. The van der Waals surface area contributed by atoms with Crippen molar-refractivity contribution in [1.29, 1.82) is 0 Å². The third-order valence-corrected chi connectivity index (χ3v) is 8.07. The van der Waals surface area contributed by atoms with Crippen molar-refractivity contribution >= 4 is 39.1 Å². The lowest BCUT2D eigenvalue weighted by molar-refractivity contribution is -0.140. The summed E-state index contributed by atoms with van der Waals surface area (Å²) in [6.07, 6.45) is 0.339. The highest BCUT2D eigenvalue weighted by atomic mass is 35.5.